The molecule has 0 saturated heterocycles. The van der Waals surface area contributed by atoms with E-state index in [-0.39, 0.29) is 16.2 Å². The van der Waals surface area contributed by atoms with Crippen molar-refractivity contribution in [2.24, 2.45) is 0 Å². The molecule has 0 radical (unpaired) electrons. The van der Waals surface area contributed by atoms with E-state index in [4.69, 9.17) is 4.74 Å². The summed E-state index contributed by atoms with van der Waals surface area (Å²) in [5.41, 5.74) is 2.45. The molecule has 0 unspecified atom stereocenters. The Morgan fingerprint density at radius 2 is 1.83 bits per heavy atom. The largest absolute Gasteiger partial charge is 0.462 e. The van der Waals surface area contributed by atoms with E-state index in [0.717, 1.165) is 27.6 Å². The maximum Gasteiger partial charge on any atom is 0.338 e. The van der Waals surface area contributed by atoms with Crippen molar-refractivity contribution in [3.8, 4) is 10.6 Å². The van der Waals surface area contributed by atoms with Crippen LogP contribution in [-0.4, -0.2) is 26.0 Å². The predicted molar refractivity (Wildman–Crippen MR) is 117 cm³/mol. The third-order valence-corrected chi connectivity index (χ3v) is 7.72. The van der Waals surface area contributed by atoms with Crippen molar-refractivity contribution in [2.45, 2.75) is 37.3 Å². The van der Waals surface area contributed by atoms with E-state index >= 15 is 0 Å². The van der Waals surface area contributed by atoms with Gasteiger partial charge in [0.15, 0.2) is 0 Å². The van der Waals surface area contributed by atoms with Crippen LogP contribution in [-0.2, 0) is 20.2 Å². The summed E-state index contributed by atoms with van der Waals surface area (Å²) in [5, 5.41) is 4.60. The number of ether oxygens (including phenoxy) is 1. The minimum Gasteiger partial charge on any atom is -0.462 e. The molecule has 154 valence electrons. The van der Waals surface area contributed by atoms with Crippen molar-refractivity contribution in [2.75, 3.05) is 11.3 Å². The quantitative estimate of drug-likeness (QED) is 0.525. The summed E-state index contributed by atoms with van der Waals surface area (Å²) < 4.78 is 33.1. The number of anilines is 1. The Hall–Kier alpha value is -2.23. The second-order valence-electron chi connectivity index (χ2n) is 7.35. The van der Waals surface area contributed by atoms with Crippen LogP contribution in [0.5, 0.6) is 0 Å². The van der Waals surface area contributed by atoms with Gasteiger partial charge in [-0.05, 0) is 37.3 Å². The maximum absolute atomic E-state index is 12.7. The molecule has 0 fully saturated rings. The summed E-state index contributed by atoms with van der Waals surface area (Å²) in [6, 6.07) is 7.76. The third-order valence-electron chi connectivity index (χ3n) is 4.01. The van der Waals surface area contributed by atoms with Gasteiger partial charge in [-0.15, -0.1) is 22.7 Å². The molecule has 0 aliphatic heterocycles. The summed E-state index contributed by atoms with van der Waals surface area (Å²) in [6.07, 6.45) is 0. The number of hydrogen-bond donors (Lipinski definition) is 1. The van der Waals surface area contributed by atoms with Crippen LogP contribution in [0.25, 0.3) is 10.6 Å². The zero-order chi connectivity index (χ0) is 21.2. The van der Waals surface area contributed by atoms with E-state index < -0.39 is 16.0 Å². The number of esters is 1. The SMILES string of the molecule is CCOC(=O)c1ccc(NS(=O)(=O)c2cc(-c3nc(C(C)(C)C)cs3)cs2)cc1. The molecule has 1 aromatic carbocycles. The molecule has 0 bridgehead atoms. The Morgan fingerprint density at radius 3 is 2.41 bits per heavy atom. The molecule has 3 aromatic rings. The van der Waals surface area contributed by atoms with Crippen LogP contribution in [0.1, 0.15) is 43.7 Å². The third kappa shape index (κ3) is 5.04. The van der Waals surface area contributed by atoms with Gasteiger partial charge in [0.05, 0.1) is 17.9 Å². The van der Waals surface area contributed by atoms with Crippen molar-refractivity contribution in [3.63, 3.8) is 0 Å². The van der Waals surface area contributed by atoms with Gasteiger partial charge in [-0.25, -0.2) is 18.2 Å². The zero-order valence-electron chi connectivity index (χ0n) is 16.6. The van der Waals surface area contributed by atoms with Gasteiger partial charge < -0.3 is 4.74 Å². The van der Waals surface area contributed by atoms with Gasteiger partial charge in [-0.1, -0.05) is 20.8 Å². The van der Waals surface area contributed by atoms with E-state index in [1.807, 2.05) is 5.38 Å². The fraction of sp³-hybridized carbons (Fsp3) is 0.300. The highest BCUT2D eigenvalue weighted by atomic mass is 32.2. The molecule has 0 atom stereocenters. The van der Waals surface area contributed by atoms with E-state index in [1.54, 1.807) is 18.4 Å². The topological polar surface area (TPSA) is 85.4 Å². The molecule has 3 rings (SSSR count). The van der Waals surface area contributed by atoms with Gasteiger partial charge in [-0.2, -0.15) is 0 Å². The number of thiazole rings is 1. The number of thiophene rings is 1. The van der Waals surface area contributed by atoms with Crippen LogP contribution < -0.4 is 4.72 Å². The summed E-state index contributed by atoms with van der Waals surface area (Å²) in [4.78, 5) is 16.3. The molecule has 2 aromatic heterocycles. The van der Waals surface area contributed by atoms with Crippen LogP contribution in [0.2, 0.25) is 0 Å². The lowest BCUT2D eigenvalue weighted by Gasteiger charge is -2.14. The molecular formula is C20H22N2O4S3. The van der Waals surface area contributed by atoms with Crippen molar-refractivity contribution < 1.29 is 17.9 Å². The summed E-state index contributed by atoms with van der Waals surface area (Å²) >= 11 is 2.65. The van der Waals surface area contributed by atoms with E-state index in [1.165, 1.54) is 35.6 Å². The van der Waals surface area contributed by atoms with Crippen molar-refractivity contribution in [1.29, 1.82) is 0 Å². The van der Waals surface area contributed by atoms with Gasteiger partial charge in [0.2, 0.25) is 0 Å². The average molecular weight is 451 g/mol. The first-order valence-electron chi connectivity index (χ1n) is 8.95. The van der Waals surface area contributed by atoms with E-state index in [2.05, 4.69) is 30.5 Å². The molecular weight excluding hydrogens is 428 g/mol. The highest BCUT2D eigenvalue weighted by Crippen LogP contribution is 2.34. The molecule has 0 spiro atoms. The monoisotopic (exact) mass is 450 g/mol. The predicted octanol–water partition coefficient (Wildman–Crippen LogP) is 5.15. The number of carbonyl (C=O) groups excluding carboxylic acids is 1. The highest BCUT2D eigenvalue weighted by Gasteiger charge is 2.21. The Balaban J connectivity index is 1.77. The van der Waals surface area contributed by atoms with Crippen LogP contribution in [0, 0.1) is 0 Å². The Bertz CT molecular complexity index is 1110. The van der Waals surface area contributed by atoms with E-state index in [9.17, 15) is 13.2 Å². The van der Waals surface area contributed by atoms with Crippen molar-refractivity contribution in [1.82, 2.24) is 4.98 Å². The first-order chi connectivity index (χ1) is 13.6. The molecule has 2 heterocycles. The summed E-state index contributed by atoms with van der Waals surface area (Å²) in [7, 11) is -3.74. The Morgan fingerprint density at radius 1 is 1.14 bits per heavy atom. The summed E-state index contributed by atoms with van der Waals surface area (Å²) in [6.45, 7) is 8.28. The van der Waals surface area contributed by atoms with Gasteiger partial charge in [0.25, 0.3) is 10.0 Å². The van der Waals surface area contributed by atoms with Gasteiger partial charge in [-0.3, -0.25) is 4.72 Å². The minimum atomic E-state index is -3.74. The standard InChI is InChI=1S/C20H22N2O4S3/c1-5-26-19(23)13-6-8-15(9-7-13)22-29(24,25)17-10-14(11-27-17)18-21-16(12-28-18)20(2,3)4/h6-12,22H,5H2,1-4H3. The zero-order valence-corrected chi connectivity index (χ0v) is 19.0. The molecule has 0 saturated carbocycles. The van der Waals surface area contributed by atoms with Crippen molar-refractivity contribution >= 4 is 44.4 Å². The average Bonchev–Trinajstić information content (AvgIpc) is 3.31. The minimum absolute atomic E-state index is 0.0586. The highest BCUT2D eigenvalue weighted by molar-refractivity contribution is 7.94. The maximum atomic E-state index is 12.7. The van der Waals surface area contributed by atoms with Gasteiger partial charge in [0, 0.05) is 27.4 Å². The lowest BCUT2D eigenvalue weighted by molar-refractivity contribution is 0.0526. The van der Waals surface area contributed by atoms with Crippen LogP contribution >= 0.6 is 22.7 Å². The fourth-order valence-corrected chi connectivity index (χ4v) is 5.75. The number of aromatic nitrogens is 1. The van der Waals surface area contributed by atoms with Crippen LogP contribution in [0.15, 0.2) is 45.3 Å². The molecule has 0 amide bonds. The second kappa shape index (κ2) is 8.25. The summed E-state index contributed by atoms with van der Waals surface area (Å²) in [5.74, 6) is -0.442. The Kier molecular flexibility index (Phi) is 6.11. The van der Waals surface area contributed by atoms with E-state index in [0.29, 0.717) is 11.3 Å². The number of rotatable bonds is 6. The molecule has 6 nitrogen and oxygen atoms in total. The molecule has 0 aliphatic carbocycles. The molecule has 1 N–H and O–H groups in total. The van der Waals surface area contributed by atoms with Gasteiger partial charge >= 0.3 is 5.97 Å². The number of sulfonamides is 1. The molecule has 0 aliphatic rings. The number of nitrogens with one attached hydrogen (secondary N) is 1. The first-order valence-corrected chi connectivity index (χ1v) is 12.2. The molecule has 29 heavy (non-hydrogen) atoms. The van der Waals surface area contributed by atoms with Crippen LogP contribution in [0.4, 0.5) is 5.69 Å². The number of nitrogens with zero attached hydrogens (tertiary/aromatic N) is 1. The number of hydrogen-bond acceptors (Lipinski definition) is 7. The molecule has 9 heteroatoms. The van der Waals surface area contributed by atoms with Crippen molar-refractivity contribution in [3.05, 3.63) is 52.3 Å². The first kappa shape index (κ1) is 21.5. The lowest BCUT2D eigenvalue weighted by atomic mass is 9.93. The second-order valence-corrected chi connectivity index (χ2v) is 11.0. The lowest BCUT2D eigenvalue weighted by Crippen LogP contribution is -2.12. The Labute approximate surface area is 178 Å². The normalized spacial score (nSPS) is 12.0. The van der Waals surface area contributed by atoms with Crippen LogP contribution in [0.3, 0.4) is 0 Å². The smallest absolute Gasteiger partial charge is 0.338 e. The fourth-order valence-electron chi connectivity index (χ4n) is 2.41. The number of carbonyl (C=O) groups is 1. The van der Waals surface area contributed by atoms with Gasteiger partial charge in [0.1, 0.15) is 9.22 Å². The number of benzene rings is 1.